The van der Waals surface area contributed by atoms with E-state index in [1.54, 1.807) is 6.92 Å². The lowest BCUT2D eigenvalue weighted by atomic mass is 9.46. The van der Waals surface area contributed by atoms with Crippen molar-refractivity contribution in [3.63, 3.8) is 0 Å². The molecule has 1 saturated heterocycles. The summed E-state index contributed by atoms with van der Waals surface area (Å²) in [4.78, 5) is 42.2. The van der Waals surface area contributed by atoms with Crippen LogP contribution in [0.1, 0.15) is 91.4 Å². The van der Waals surface area contributed by atoms with Gasteiger partial charge in [-0.1, -0.05) is 24.6 Å². The average molecular weight is 514 g/mol. The minimum Gasteiger partial charge on any atom is -0.385 e. The largest absolute Gasteiger partial charge is 0.385 e. The molecule has 6 unspecified atom stereocenters. The highest BCUT2D eigenvalue weighted by atomic mass is 16.6. The minimum absolute atomic E-state index is 0.0664. The van der Waals surface area contributed by atoms with E-state index in [4.69, 9.17) is 4.84 Å². The quantitative estimate of drug-likeness (QED) is 0.487. The van der Waals surface area contributed by atoms with Crippen molar-refractivity contribution in [2.75, 3.05) is 13.2 Å². The number of hydrogen-bond acceptors (Lipinski definition) is 6. The van der Waals surface area contributed by atoms with Crippen LogP contribution in [0.15, 0.2) is 16.8 Å². The van der Waals surface area contributed by atoms with Gasteiger partial charge in [-0.3, -0.25) is 14.4 Å². The maximum atomic E-state index is 12.4. The van der Waals surface area contributed by atoms with Crippen molar-refractivity contribution in [1.82, 2.24) is 10.6 Å². The number of nitrogens with zero attached hydrogens (tertiary/aromatic N) is 1. The first-order valence-corrected chi connectivity index (χ1v) is 14.3. The van der Waals surface area contributed by atoms with Gasteiger partial charge in [-0.15, -0.1) is 0 Å². The van der Waals surface area contributed by atoms with Gasteiger partial charge in [-0.25, -0.2) is 0 Å². The molecule has 3 saturated carbocycles. The van der Waals surface area contributed by atoms with Crippen LogP contribution in [0.25, 0.3) is 0 Å². The molecular formula is C29H43N3O5. The van der Waals surface area contributed by atoms with Crippen LogP contribution in [0.3, 0.4) is 0 Å². The van der Waals surface area contributed by atoms with E-state index in [1.807, 2.05) is 0 Å². The Labute approximate surface area is 220 Å². The van der Waals surface area contributed by atoms with Crippen LogP contribution in [0, 0.1) is 28.6 Å². The number of fused-ring (bicyclic) bond motifs is 5. The van der Waals surface area contributed by atoms with Crippen molar-refractivity contribution in [1.29, 1.82) is 0 Å². The fourth-order valence-electron chi connectivity index (χ4n) is 8.72. The molecule has 3 N–H and O–H groups in total. The maximum absolute atomic E-state index is 12.4. The molecule has 8 heteroatoms. The van der Waals surface area contributed by atoms with Gasteiger partial charge in [0.25, 0.3) is 5.91 Å². The fourth-order valence-corrected chi connectivity index (χ4v) is 8.72. The second-order valence-corrected chi connectivity index (χ2v) is 12.7. The molecule has 0 radical (unpaired) electrons. The molecule has 7 atom stereocenters. The maximum Gasteiger partial charge on any atom is 0.261 e. The monoisotopic (exact) mass is 513 g/mol. The van der Waals surface area contributed by atoms with E-state index in [-0.39, 0.29) is 35.0 Å². The number of Topliss-reactive ketones (excluding diaryl/α,β-unsaturated/α-hetero) is 1. The van der Waals surface area contributed by atoms with Crippen LogP contribution in [0.4, 0.5) is 0 Å². The van der Waals surface area contributed by atoms with Gasteiger partial charge in [-0.05, 0) is 107 Å². The summed E-state index contributed by atoms with van der Waals surface area (Å²) in [6.07, 6.45) is 12.0. The van der Waals surface area contributed by atoms with Crippen molar-refractivity contribution in [3.05, 3.63) is 11.6 Å². The number of ketones is 1. The summed E-state index contributed by atoms with van der Waals surface area (Å²) in [7, 11) is 0. The molecule has 37 heavy (non-hydrogen) atoms. The van der Waals surface area contributed by atoms with Crippen LogP contribution in [0.5, 0.6) is 0 Å². The third-order valence-corrected chi connectivity index (χ3v) is 11.0. The molecular weight excluding hydrogens is 470 g/mol. The van der Waals surface area contributed by atoms with Gasteiger partial charge >= 0.3 is 0 Å². The van der Waals surface area contributed by atoms with Gasteiger partial charge in [0.2, 0.25) is 5.91 Å². The number of oxime groups is 1. The normalized spacial score (nSPS) is 42.4. The van der Waals surface area contributed by atoms with E-state index in [1.165, 1.54) is 5.57 Å². The summed E-state index contributed by atoms with van der Waals surface area (Å²) in [5.41, 5.74) is 0.911. The Kier molecular flexibility index (Phi) is 7.01. The van der Waals surface area contributed by atoms with Crippen molar-refractivity contribution in [2.24, 2.45) is 33.7 Å². The number of hydrogen-bond donors (Lipinski definition) is 3. The van der Waals surface area contributed by atoms with E-state index in [0.717, 1.165) is 63.5 Å². The third kappa shape index (κ3) is 4.43. The first kappa shape index (κ1) is 26.4. The molecule has 5 aliphatic rings. The Hall–Kier alpha value is -2.22. The molecule has 5 rings (SSSR count). The summed E-state index contributed by atoms with van der Waals surface area (Å²) in [5.74, 6) is 0.963. The van der Waals surface area contributed by atoms with Crippen LogP contribution in [-0.2, 0) is 19.2 Å². The summed E-state index contributed by atoms with van der Waals surface area (Å²) in [6, 6.07) is -0.498. The highest BCUT2D eigenvalue weighted by Gasteiger charge is 2.65. The Morgan fingerprint density at radius 1 is 1.11 bits per heavy atom. The minimum atomic E-state index is -1.17. The second kappa shape index (κ2) is 9.83. The number of carbonyl (C=O) groups is 3. The average Bonchev–Trinajstić information content (AvgIpc) is 2.99. The van der Waals surface area contributed by atoms with Crippen LogP contribution in [-0.4, -0.2) is 53.2 Å². The molecule has 0 aromatic heterocycles. The number of aliphatic hydroxyl groups is 1. The Balaban J connectivity index is 1.22. The van der Waals surface area contributed by atoms with Crippen molar-refractivity contribution < 1.29 is 24.3 Å². The van der Waals surface area contributed by atoms with Crippen LogP contribution in [0.2, 0.25) is 0 Å². The van der Waals surface area contributed by atoms with Gasteiger partial charge in [0, 0.05) is 12.0 Å². The van der Waals surface area contributed by atoms with E-state index < -0.39 is 11.6 Å². The lowest BCUT2D eigenvalue weighted by Crippen LogP contribution is -2.57. The molecule has 0 aromatic rings. The van der Waals surface area contributed by atoms with E-state index >= 15 is 0 Å². The van der Waals surface area contributed by atoms with Crippen molar-refractivity contribution in [2.45, 2.75) is 103 Å². The van der Waals surface area contributed by atoms with Gasteiger partial charge in [0.15, 0.2) is 12.4 Å². The Morgan fingerprint density at radius 2 is 1.89 bits per heavy atom. The number of nitrogens with one attached hydrogen (secondary N) is 2. The molecule has 4 aliphatic carbocycles. The number of rotatable bonds is 5. The summed E-state index contributed by atoms with van der Waals surface area (Å²) < 4.78 is 0. The molecule has 8 nitrogen and oxygen atoms in total. The van der Waals surface area contributed by atoms with Gasteiger partial charge in [0.05, 0.1) is 5.71 Å². The smallest absolute Gasteiger partial charge is 0.261 e. The van der Waals surface area contributed by atoms with Crippen molar-refractivity contribution in [3.8, 4) is 0 Å². The lowest BCUT2D eigenvalue weighted by Gasteiger charge is -2.59. The highest BCUT2D eigenvalue weighted by Crippen LogP contribution is 2.67. The molecule has 4 fully saturated rings. The second-order valence-electron chi connectivity index (χ2n) is 12.7. The summed E-state index contributed by atoms with van der Waals surface area (Å²) >= 11 is 0. The first-order chi connectivity index (χ1) is 17.6. The number of allylic oxidation sites excluding steroid dienone is 2. The van der Waals surface area contributed by atoms with Crippen molar-refractivity contribution >= 4 is 23.3 Å². The fraction of sp³-hybridized carbons (Fsp3) is 0.793. The first-order valence-electron chi connectivity index (χ1n) is 14.3. The zero-order chi connectivity index (χ0) is 26.4. The lowest BCUT2D eigenvalue weighted by molar-refractivity contribution is -0.159. The number of amides is 2. The Bertz CT molecular complexity index is 1020. The molecule has 204 valence electrons. The van der Waals surface area contributed by atoms with Crippen LogP contribution < -0.4 is 10.6 Å². The topological polar surface area (TPSA) is 117 Å². The van der Waals surface area contributed by atoms with E-state index in [0.29, 0.717) is 37.1 Å². The van der Waals surface area contributed by atoms with E-state index in [2.05, 4.69) is 35.7 Å². The highest BCUT2D eigenvalue weighted by molar-refractivity contribution is 5.96. The molecule has 0 bridgehead atoms. The summed E-state index contributed by atoms with van der Waals surface area (Å²) in [5, 5.41) is 21.2. The van der Waals surface area contributed by atoms with Gasteiger partial charge in [-0.2, -0.15) is 0 Å². The number of carbonyl (C=O) groups excluding carboxylic acids is 3. The predicted octanol–water partition coefficient (Wildman–Crippen LogP) is 3.43. The zero-order valence-corrected chi connectivity index (χ0v) is 22.6. The molecule has 0 spiro atoms. The molecule has 1 heterocycles. The third-order valence-electron chi connectivity index (χ3n) is 11.0. The molecule has 1 aliphatic heterocycles. The predicted molar refractivity (Wildman–Crippen MR) is 140 cm³/mol. The molecule has 0 aromatic carbocycles. The Morgan fingerprint density at radius 3 is 2.68 bits per heavy atom. The van der Waals surface area contributed by atoms with Crippen LogP contribution >= 0.6 is 0 Å². The standard InChI is InChI=1S/C29H43N3O5/c1-18(33)29(36)14-11-23-21-8-7-19-16-20(9-12-27(19,2)22(21)10-13-28(23,29)3)32-37-17-25(34)31-24-6-4-5-15-30-26(24)35/h16,21-24,36H,4-15,17H2,1-3H3,(H,30,35)(H,31,34)/b32-20-/t21?,22?,23?,24?,27?,28?,29-/m0/s1. The van der Waals surface area contributed by atoms with Gasteiger partial charge < -0.3 is 20.6 Å². The summed E-state index contributed by atoms with van der Waals surface area (Å²) in [6.45, 7) is 6.58. The van der Waals surface area contributed by atoms with Gasteiger partial charge in [0.1, 0.15) is 11.6 Å². The zero-order valence-electron chi connectivity index (χ0n) is 22.6. The SMILES string of the molecule is CC(=O)[C@@]1(O)CCC2C3CCC4=C/C(=N\OCC(=O)NC5CCCCNC5=O)CCC4(C)C3CCC21C. The van der Waals surface area contributed by atoms with E-state index in [9.17, 15) is 19.5 Å². The molecule has 2 amide bonds.